The molecule has 0 aliphatic carbocycles. The third-order valence-corrected chi connectivity index (χ3v) is 2.24. The lowest BCUT2D eigenvalue weighted by molar-refractivity contribution is 0.0941. The maximum absolute atomic E-state index is 11.7. The topological polar surface area (TPSA) is 73.4 Å². The fourth-order valence-corrected chi connectivity index (χ4v) is 1.25. The van der Waals surface area contributed by atoms with Gasteiger partial charge in [0.05, 0.1) is 5.56 Å². The van der Waals surface area contributed by atoms with Crippen molar-refractivity contribution in [2.24, 2.45) is 0 Å². The number of hydrazine groups is 1. The second-order valence-corrected chi connectivity index (χ2v) is 4.14. The van der Waals surface area contributed by atoms with Crippen molar-refractivity contribution in [3.05, 3.63) is 42.0 Å². The molecule has 18 heavy (non-hydrogen) atoms. The SMILES string of the molecule is C=C(C)CNC(=S)NNC(=O)c1ccccc1O. The highest BCUT2D eigenvalue weighted by molar-refractivity contribution is 7.80. The molecule has 1 amide bonds. The molecule has 1 aromatic carbocycles. The Hall–Kier alpha value is -2.08. The number of carbonyl (C=O) groups excluding carboxylic acids is 1. The highest BCUT2D eigenvalue weighted by atomic mass is 32.1. The van der Waals surface area contributed by atoms with Gasteiger partial charge in [-0.3, -0.25) is 15.6 Å². The van der Waals surface area contributed by atoms with Crippen LogP contribution in [0.2, 0.25) is 0 Å². The van der Waals surface area contributed by atoms with Crippen molar-refractivity contribution in [1.29, 1.82) is 0 Å². The van der Waals surface area contributed by atoms with Crippen LogP contribution in [0.25, 0.3) is 0 Å². The largest absolute Gasteiger partial charge is 0.507 e. The minimum atomic E-state index is -0.465. The van der Waals surface area contributed by atoms with E-state index in [9.17, 15) is 9.90 Å². The van der Waals surface area contributed by atoms with Crippen LogP contribution in [-0.2, 0) is 0 Å². The molecule has 0 spiro atoms. The van der Waals surface area contributed by atoms with Crippen molar-refractivity contribution in [1.82, 2.24) is 16.2 Å². The third-order valence-electron chi connectivity index (χ3n) is 1.99. The van der Waals surface area contributed by atoms with Crippen LogP contribution in [0.4, 0.5) is 0 Å². The van der Waals surface area contributed by atoms with Crippen LogP contribution in [0.1, 0.15) is 17.3 Å². The summed E-state index contributed by atoms with van der Waals surface area (Å²) in [6, 6.07) is 6.24. The van der Waals surface area contributed by atoms with Crippen LogP contribution in [0.3, 0.4) is 0 Å². The fourth-order valence-electron chi connectivity index (χ4n) is 1.12. The zero-order chi connectivity index (χ0) is 13.5. The highest BCUT2D eigenvalue weighted by Gasteiger charge is 2.09. The van der Waals surface area contributed by atoms with Crippen LogP contribution in [0.5, 0.6) is 5.75 Å². The van der Waals surface area contributed by atoms with Crippen LogP contribution in [0.15, 0.2) is 36.4 Å². The molecule has 0 saturated heterocycles. The molecule has 6 heteroatoms. The molecular weight excluding hydrogens is 250 g/mol. The maximum Gasteiger partial charge on any atom is 0.273 e. The van der Waals surface area contributed by atoms with E-state index in [4.69, 9.17) is 12.2 Å². The first kappa shape index (κ1) is 14.0. The second kappa shape index (κ2) is 6.61. The van der Waals surface area contributed by atoms with Gasteiger partial charge in [-0.2, -0.15) is 0 Å². The number of hydrogen-bond donors (Lipinski definition) is 4. The Morgan fingerprint density at radius 2 is 2.06 bits per heavy atom. The Bertz CT molecular complexity index is 474. The molecule has 0 atom stereocenters. The van der Waals surface area contributed by atoms with Gasteiger partial charge in [-0.1, -0.05) is 24.3 Å². The quantitative estimate of drug-likeness (QED) is 0.374. The van der Waals surface area contributed by atoms with Gasteiger partial charge >= 0.3 is 0 Å². The number of hydrogen-bond acceptors (Lipinski definition) is 3. The fraction of sp³-hybridized carbons (Fsp3) is 0.167. The highest BCUT2D eigenvalue weighted by Crippen LogP contribution is 2.14. The number of carbonyl (C=O) groups is 1. The van der Waals surface area contributed by atoms with E-state index in [1.807, 2.05) is 6.92 Å². The number of nitrogens with one attached hydrogen (secondary N) is 3. The van der Waals surface area contributed by atoms with E-state index in [0.29, 0.717) is 6.54 Å². The van der Waals surface area contributed by atoms with Gasteiger partial charge in [0.25, 0.3) is 5.91 Å². The summed E-state index contributed by atoms with van der Waals surface area (Å²) in [6.45, 7) is 6.09. The van der Waals surface area contributed by atoms with Gasteiger partial charge in [0.2, 0.25) is 0 Å². The minimum Gasteiger partial charge on any atom is -0.507 e. The van der Waals surface area contributed by atoms with E-state index in [1.165, 1.54) is 12.1 Å². The average Bonchev–Trinajstić information content (AvgIpc) is 2.34. The summed E-state index contributed by atoms with van der Waals surface area (Å²) >= 11 is 4.93. The predicted octanol–water partition coefficient (Wildman–Crippen LogP) is 1.08. The van der Waals surface area contributed by atoms with Gasteiger partial charge in [-0.05, 0) is 31.3 Å². The Morgan fingerprint density at radius 3 is 2.67 bits per heavy atom. The lowest BCUT2D eigenvalue weighted by atomic mass is 10.2. The smallest absolute Gasteiger partial charge is 0.273 e. The van der Waals surface area contributed by atoms with Crippen molar-refractivity contribution >= 4 is 23.2 Å². The van der Waals surface area contributed by atoms with Gasteiger partial charge in [-0.25, -0.2) is 0 Å². The number of benzene rings is 1. The van der Waals surface area contributed by atoms with E-state index in [2.05, 4.69) is 22.7 Å². The van der Waals surface area contributed by atoms with Crippen LogP contribution in [0, 0.1) is 0 Å². The molecule has 0 aliphatic rings. The molecule has 5 nitrogen and oxygen atoms in total. The van der Waals surface area contributed by atoms with Gasteiger partial charge in [0.15, 0.2) is 5.11 Å². The number of phenolic OH excluding ortho intramolecular Hbond substituents is 1. The molecule has 0 aliphatic heterocycles. The molecule has 0 fully saturated rings. The van der Waals surface area contributed by atoms with Crippen molar-refractivity contribution in [3.8, 4) is 5.75 Å². The molecule has 0 heterocycles. The average molecular weight is 265 g/mol. The Kier molecular flexibility index (Phi) is 5.13. The van der Waals surface area contributed by atoms with Crippen molar-refractivity contribution < 1.29 is 9.90 Å². The first-order chi connectivity index (χ1) is 8.50. The zero-order valence-corrected chi connectivity index (χ0v) is 10.8. The molecule has 1 rings (SSSR count). The van der Waals surface area contributed by atoms with Gasteiger partial charge < -0.3 is 10.4 Å². The number of amides is 1. The van der Waals surface area contributed by atoms with Gasteiger partial charge in [-0.15, -0.1) is 0 Å². The first-order valence-electron chi connectivity index (χ1n) is 5.27. The molecule has 0 bridgehead atoms. The molecule has 96 valence electrons. The molecule has 0 radical (unpaired) electrons. The van der Waals surface area contributed by atoms with Gasteiger partial charge in [0, 0.05) is 6.54 Å². The standard InChI is InChI=1S/C12H15N3O2S/c1-8(2)7-13-12(18)15-14-11(17)9-5-3-4-6-10(9)16/h3-6,16H,1,7H2,2H3,(H,14,17)(H2,13,15,18). The number of thiocarbonyl (C=S) groups is 1. The maximum atomic E-state index is 11.7. The monoisotopic (exact) mass is 265 g/mol. The summed E-state index contributed by atoms with van der Waals surface area (Å²) in [4.78, 5) is 11.7. The summed E-state index contributed by atoms with van der Waals surface area (Å²) in [7, 11) is 0. The number of phenols is 1. The van der Waals surface area contributed by atoms with Crippen molar-refractivity contribution in [2.75, 3.05) is 6.54 Å². The Balaban J connectivity index is 2.45. The van der Waals surface area contributed by atoms with Gasteiger partial charge in [0.1, 0.15) is 5.75 Å². The first-order valence-corrected chi connectivity index (χ1v) is 5.68. The normalized spacial score (nSPS) is 9.39. The lowest BCUT2D eigenvalue weighted by Crippen LogP contribution is -2.47. The molecule has 1 aromatic rings. The van der Waals surface area contributed by atoms with Crippen molar-refractivity contribution in [3.63, 3.8) is 0 Å². The predicted molar refractivity (Wildman–Crippen MR) is 74.1 cm³/mol. The summed E-state index contributed by atoms with van der Waals surface area (Å²) in [5, 5.41) is 12.6. The van der Waals surface area contributed by atoms with E-state index in [-0.39, 0.29) is 16.4 Å². The summed E-state index contributed by atoms with van der Waals surface area (Å²) in [5.74, 6) is -0.551. The van der Waals surface area contributed by atoms with Crippen molar-refractivity contribution in [2.45, 2.75) is 6.92 Å². The molecule has 0 unspecified atom stereocenters. The van der Waals surface area contributed by atoms with Crippen LogP contribution in [-0.4, -0.2) is 22.7 Å². The summed E-state index contributed by atoms with van der Waals surface area (Å²) in [5.41, 5.74) is 6.01. The Labute approximate surface area is 111 Å². The molecule has 4 N–H and O–H groups in total. The lowest BCUT2D eigenvalue weighted by Gasteiger charge is -2.11. The Morgan fingerprint density at radius 1 is 1.39 bits per heavy atom. The summed E-state index contributed by atoms with van der Waals surface area (Å²) in [6.07, 6.45) is 0. The summed E-state index contributed by atoms with van der Waals surface area (Å²) < 4.78 is 0. The molecular formula is C12H15N3O2S. The van der Waals surface area contributed by atoms with E-state index in [0.717, 1.165) is 5.57 Å². The van der Waals surface area contributed by atoms with Crippen LogP contribution < -0.4 is 16.2 Å². The number of rotatable bonds is 3. The minimum absolute atomic E-state index is 0.0855. The number of aromatic hydroxyl groups is 1. The molecule has 0 aromatic heterocycles. The third kappa shape index (κ3) is 4.42. The molecule has 0 saturated carbocycles. The van der Waals surface area contributed by atoms with E-state index >= 15 is 0 Å². The van der Waals surface area contributed by atoms with E-state index < -0.39 is 5.91 Å². The van der Waals surface area contributed by atoms with E-state index in [1.54, 1.807) is 12.1 Å². The second-order valence-electron chi connectivity index (χ2n) is 3.74. The number of para-hydroxylation sites is 1. The van der Waals surface area contributed by atoms with Crippen LogP contribution >= 0.6 is 12.2 Å². The zero-order valence-electron chi connectivity index (χ0n) is 9.99.